The minimum atomic E-state index is -0.454. The lowest BCUT2D eigenvalue weighted by Crippen LogP contribution is -2.48. The fourth-order valence-corrected chi connectivity index (χ4v) is 3.40. The van der Waals surface area contributed by atoms with E-state index >= 15 is 0 Å². The average molecular weight is 372 g/mol. The van der Waals surface area contributed by atoms with Crippen molar-refractivity contribution in [2.24, 2.45) is 0 Å². The molecule has 0 aliphatic carbocycles. The number of benzene rings is 1. The molecule has 0 saturated carbocycles. The Balaban J connectivity index is 1.78. The standard InChI is InChI=1S/C20H25FN4O2/c1-4-9-25-12-14(13(2)24-25)11-22-18-7-8-19(26)23-20(18)16-10-15(27-3)5-6-17(16)21/h4-6,10,12,18,20,22H,1,7-9,11H2,2-3H3,(H,23,26)/t18-,20+/m1/s1. The van der Waals surface area contributed by atoms with Crippen LogP contribution in [0, 0.1) is 12.7 Å². The number of methoxy groups -OCH3 is 1. The van der Waals surface area contributed by atoms with Gasteiger partial charge in [-0.15, -0.1) is 6.58 Å². The molecule has 1 aliphatic rings. The summed E-state index contributed by atoms with van der Waals surface area (Å²) in [6.07, 6.45) is 4.82. The number of hydrogen-bond acceptors (Lipinski definition) is 4. The predicted octanol–water partition coefficient (Wildman–Crippen LogP) is 2.63. The van der Waals surface area contributed by atoms with E-state index in [1.807, 2.05) is 17.8 Å². The zero-order chi connectivity index (χ0) is 19.4. The van der Waals surface area contributed by atoms with E-state index in [2.05, 4.69) is 22.3 Å². The highest BCUT2D eigenvalue weighted by atomic mass is 19.1. The number of amides is 1. The maximum Gasteiger partial charge on any atom is 0.220 e. The van der Waals surface area contributed by atoms with Gasteiger partial charge >= 0.3 is 0 Å². The highest BCUT2D eigenvalue weighted by Crippen LogP contribution is 2.29. The quantitative estimate of drug-likeness (QED) is 0.733. The van der Waals surface area contributed by atoms with Crippen LogP contribution in [0.4, 0.5) is 4.39 Å². The normalized spacial score (nSPS) is 19.6. The number of ether oxygens (including phenoxy) is 1. The summed E-state index contributed by atoms with van der Waals surface area (Å²) in [5, 5.41) is 10.8. The zero-order valence-electron chi connectivity index (χ0n) is 15.7. The summed E-state index contributed by atoms with van der Waals surface area (Å²) in [5.74, 6) is 0.131. The maximum atomic E-state index is 14.4. The van der Waals surface area contributed by atoms with Crippen LogP contribution in [0.15, 0.2) is 37.1 Å². The predicted molar refractivity (Wildman–Crippen MR) is 101 cm³/mol. The van der Waals surface area contributed by atoms with Crippen molar-refractivity contribution in [3.8, 4) is 5.75 Å². The van der Waals surface area contributed by atoms with E-state index in [1.165, 1.54) is 13.2 Å². The molecule has 1 fully saturated rings. The smallest absolute Gasteiger partial charge is 0.220 e. The van der Waals surface area contributed by atoms with Crippen molar-refractivity contribution in [3.63, 3.8) is 0 Å². The van der Waals surface area contributed by atoms with E-state index in [0.717, 1.165) is 11.3 Å². The summed E-state index contributed by atoms with van der Waals surface area (Å²) in [6, 6.07) is 4.04. The lowest BCUT2D eigenvalue weighted by atomic mass is 9.91. The first-order chi connectivity index (χ1) is 13.0. The van der Waals surface area contributed by atoms with Crippen molar-refractivity contribution < 1.29 is 13.9 Å². The van der Waals surface area contributed by atoms with Crippen molar-refractivity contribution in [1.82, 2.24) is 20.4 Å². The van der Waals surface area contributed by atoms with Gasteiger partial charge in [0.05, 0.1) is 25.4 Å². The molecule has 3 rings (SSSR count). The van der Waals surface area contributed by atoms with Crippen molar-refractivity contribution >= 4 is 5.91 Å². The lowest BCUT2D eigenvalue weighted by Gasteiger charge is -2.33. The molecule has 7 heteroatoms. The summed E-state index contributed by atoms with van der Waals surface area (Å²) in [6.45, 7) is 6.92. The molecule has 0 bridgehead atoms. The number of piperidine rings is 1. The van der Waals surface area contributed by atoms with Crippen molar-refractivity contribution in [1.29, 1.82) is 0 Å². The Morgan fingerprint density at radius 3 is 3.07 bits per heavy atom. The van der Waals surface area contributed by atoms with Gasteiger partial charge in [-0.25, -0.2) is 4.39 Å². The van der Waals surface area contributed by atoms with Crippen LogP contribution < -0.4 is 15.4 Å². The van der Waals surface area contributed by atoms with Gasteiger partial charge < -0.3 is 15.4 Å². The Bertz CT molecular complexity index is 833. The molecule has 1 aromatic carbocycles. The van der Waals surface area contributed by atoms with Crippen LogP contribution in [0.3, 0.4) is 0 Å². The molecule has 0 radical (unpaired) electrons. The summed E-state index contributed by atoms with van der Waals surface area (Å²) in [4.78, 5) is 11.9. The number of carbonyl (C=O) groups excluding carboxylic acids is 1. The second-order valence-electron chi connectivity index (χ2n) is 6.71. The fourth-order valence-electron chi connectivity index (χ4n) is 3.40. The van der Waals surface area contributed by atoms with Crippen LogP contribution in [0.5, 0.6) is 5.75 Å². The van der Waals surface area contributed by atoms with Crippen LogP contribution in [0.25, 0.3) is 0 Å². The maximum absolute atomic E-state index is 14.4. The molecular weight excluding hydrogens is 347 g/mol. The van der Waals surface area contributed by atoms with Crippen molar-refractivity contribution in [3.05, 3.63) is 59.7 Å². The number of hydrogen-bond donors (Lipinski definition) is 2. The van der Waals surface area contributed by atoms with Gasteiger partial charge in [-0.3, -0.25) is 9.48 Å². The number of carbonyl (C=O) groups is 1. The molecule has 2 atom stereocenters. The van der Waals surface area contributed by atoms with Gasteiger partial charge in [0.25, 0.3) is 0 Å². The van der Waals surface area contributed by atoms with E-state index in [9.17, 15) is 9.18 Å². The Labute approximate surface area is 158 Å². The summed E-state index contributed by atoms with van der Waals surface area (Å²) in [7, 11) is 1.54. The third kappa shape index (κ3) is 4.36. The van der Waals surface area contributed by atoms with E-state index in [0.29, 0.717) is 37.2 Å². The molecule has 1 aromatic heterocycles. The third-order valence-corrected chi connectivity index (χ3v) is 4.86. The molecule has 2 heterocycles. The molecule has 1 saturated heterocycles. The Morgan fingerprint density at radius 1 is 1.52 bits per heavy atom. The highest BCUT2D eigenvalue weighted by Gasteiger charge is 2.31. The number of rotatable bonds is 7. The number of nitrogens with zero attached hydrogens (tertiary/aromatic N) is 2. The molecule has 27 heavy (non-hydrogen) atoms. The molecule has 2 N–H and O–H groups in total. The zero-order valence-corrected chi connectivity index (χ0v) is 15.7. The molecule has 6 nitrogen and oxygen atoms in total. The van der Waals surface area contributed by atoms with Crippen molar-refractivity contribution in [2.45, 2.75) is 44.9 Å². The lowest BCUT2D eigenvalue weighted by molar-refractivity contribution is -0.123. The van der Waals surface area contributed by atoms with Gasteiger partial charge in [0.15, 0.2) is 0 Å². The van der Waals surface area contributed by atoms with Gasteiger partial charge in [-0.2, -0.15) is 5.10 Å². The van der Waals surface area contributed by atoms with Gasteiger partial charge in [-0.1, -0.05) is 6.08 Å². The van der Waals surface area contributed by atoms with Gasteiger partial charge in [0.1, 0.15) is 11.6 Å². The Kier molecular flexibility index (Phi) is 5.91. The van der Waals surface area contributed by atoms with Crippen LogP contribution in [-0.4, -0.2) is 28.8 Å². The SMILES string of the molecule is C=CCn1cc(CN[C@@H]2CCC(=O)N[C@H]2c2cc(OC)ccc2F)c(C)n1. The van der Waals surface area contributed by atoms with E-state index in [-0.39, 0.29) is 17.8 Å². The van der Waals surface area contributed by atoms with Crippen LogP contribution in [0.2, 0.25) is 0 Å². The topological polar surface area (TPSA) is 68.2 Å². The van der Waals surface area contributed by atoms with Gasteiger partial charge in [-0.05, 0) is 31.5 Å². The number of halogens is 1. The van der Waals surface area contributed by atoms with Gasteiger partial charge in [0, 0.05) is 36.3 Å². The number of allylic oxidation sites excluding steroid dienone is 1. The average Bonchev–Trinajstić information content (AvgIpc) is 3.01. The molecule has 144 valence electrons. The monoisotopic (exact) mass is 372 g/mol. The first kappa shape index (κ1) is 19.1. The van der Waals surface area contributed by atoms with E-state index in [4.69, 9.17) is 4.74 Å². The van der Waals surface area contributed by atoms with E-state index < -0.39 is 6.04 Å². The largest absolute Gasteiger partial charge is 0.497 e. The summed E-state index contributed by atoms with van der Waals surface area (Å²) >= 11 is 0. The Hall–Kier alpha value is -2.67. The number of aromatic nitrogens is 2. The first-order valence-corrected chi connectivity index (χ1v) is 9.01. The fraction of sp³-hybridized carbons (Fsp3) is 0.400. The first-order valence-electron chi connectivity index (χ1n) is 9.01. The van der Waals surface area contributed by atoms with Crippen LogP contribution >= 0.6 is 0 Å². The van der Waals surface area contributed by atoms with Crippen LogP contribution in [-0.2, 0) is 17.9 Å². The Morgan fingerprint density at radius 2 is 2.33 bits per heavy atom. The van der Waals surface area contributed by atoms with E-state index in [1.54, 1.807) is 18.2 Å². The molecule has 2 aromatic rings. The summed E-state index contributed by atoms with van der Waals surface area (Å²) in [5.41, 5.74) is 2.44. The minimum Gasteiger partial charge on any atom is -0.497 e. The molecular formula is C20H25FN4O2. The molecule has 0 unspecified atom stereocenters. The molecule has 1 amide bonds. The second kappa shape index (κ2) is 8.35. The van der Waals surface area contributed by atoms with Gasteiger partial charge in [0.2, 0.25) is 5.91 Å². The third-order valence-electron chi connectivity index (χ3n) is 4.86. The molecule has 0 spiro atoms. The summed E-state index contributed by atoms with van der Waals surface area (Å²) < 4.78 is 21.5. The number of aryl methyl sites for hydroxylation is 1. The van der Waals surface area contributed by atoms with Crippen molar-refractivity contribution in [2.75, 3.05) is 7.11 Å². The number of nitrogens with one attached hydrogen (secondary N) is 2. The van der Waals surface area contributed by atoms with Crippen LogP contribution in [0.1, 0.15) is 35.7 Å². The second-order valence-corrected chi connectivity index (χ2v) is 6.71. The highest BCUT2D eigenvalue weighted by molar-refractivity contribution is 5.77. The minimum absolute atomic E-state index is 0.0738. The molecule has 1 aliphatic heterocycles.